The molecule has 1 N–H and O–H groups in total. The summed E-state index contributed by atoms with van der Waals surface area (Å²) in [6.07, 6.45) is 9.62. The fourth-order valence-electron chi connectivity index (χ4n) is 1.24. The molecule has 0 aliphatic heterocycles. The molecule has 0 bridgehead atoms. The summed E-state index contributed by atoms with van der Waals surface area (Å²) in [4.78, 5) is 10.7. The van der Waals surface area contributed by atoms with Crippen molar-refractivity contribution in [1.29, 1.82) is 0 Å². The summed E-state index contributed by atoms with van der Waals surface area (Å²) in [5.41, 5.74) is -0.108. The molecule has 3 nitrogen and oxygen atoms in total. The van der Waals surface area contributed by atoms with Crippen LogP contribution in [0.2, 0.25) is 0 Å². The van der Waals surface area contributed by atoms with Gasteiger partial charge in [0.25, 0.3) is 0 Å². The third-order valence-electron chi connectivity index (χ3n) is 1.98. The molecule has 0 spiro atoms. The van der Waals surface area contributed by atoms with Crippen molar-refractivity contribution < 1.29 is 35.1 Å². The largest absolute Gasteiger partial charge is 0.535 e. The van der Waals surface area contributed by atoms with Gasteiger partial charge in [-0.25, -0.2) is 0 Å². The van der Waals surface area contributed by atoms with E-state index in [0.717, 1.165) is 0 Å². The van der Waals surface area contributed by atoms with Gasteiger partial charge in [0.05, 0.1) is 6.61 Å². The van der Waals surface area contributed by atoms with Crippen LogP contribution in [0.1, 0.15) is 6.92 Å². The molecule has 0 saturated heterocycles. The third-order valence-corrected chi connectivity index (χ3v) is 1.98. The Kier molecular flexibility index (Phi) is 5.74. The first kappa shape index (κ1) is 14.3. The minimum Gasteiger partial charge on any atom is -0.535 e. The van der Waals surface area contributed by atoms with Crippen molar-refractivity contribution in [3.05, 3.63) is 36.0 Å². The average molecular weight is 379 g/mol. The second-order valence-corrected chi connectivity index (χ2v) is 3.47. The molecule has 1 aliphatic rings. The van der Waals surface area contributed by atoms with Gasteiger partial charge < -0.3 is 14.6 Å². The first-order valence-corrected chi connectivity index (χ1v) is 4.30. The van der Waals surface area contributed by atoms with Crippen LogP contribution in [0.25, 0.3) is 0 Å². The Hall–Kier alpha value is -0.688. The number of rotatable bonds is 3. The van der Waals surface area contributed by atoms with E-state index >= 15 is 0 Å². The number of aliphatic carboxylic acids is 1. The molecule has 0 aromatic rings. The number of methoxy groups -OCH3 is 1. The molecule has 0 aromatic heterocycles. The van der Waals surface area contributed by atoms with Crippen LogP contribution in [0.4, 0.5) is 0 Å². The van der Waals surface area contributed by atoms with Gasteiger partial charge >= 0.3 is 0 Å². The summed E-state index contributed by atoms with van der Waals surface area (Å²) in [5.74, 6) is -0.965. The van der Waals surface area contributed by atoms with E-state index < -0.39 is 5.97 Å². The van der Waals surface area contributed by atoms with Gasteiger partial charge in [0.1, 0.15) is 0 Å². The molecule has 4 heteroatoms. The minimum absolute atomic E-state index is 0. The van der Waals surface area contributed by atoms with Gasteiger partial charge in [0.15, 0.2) is 0 Å². The number of carbonyl (C=O) groups is 1. The Morgan fingerprint density at radius 2 is 2.33 bits per heavy atom. The summed E-state index contributed by atoms with van der Waals surface area (Å²) >= 11 is 0. The standard InChI is InChI=1S/C11H13O3.Re/c1-11(8-14-2)6-3-4-9(5-7-11)10(12)13;/h3-4,6-7H,8H2,1-2H3,(H,12,13);/q-1;. The van der Waals surface area contributed by atoms with Crippen molar-refractivity contribution in [2.24, 2.45) is 5.41 Å². The molecule has 0 fully saturated rings. The zero-order chi connectivity index (χ0) is 10.6. The van der Waals surface area contributed by atoms with Gasteiger partial charge in [-0.3, -0.25) is 0 Å². The second kappa shape index (κ2) is 6.02. The molecule has 0 saturated carbocycles. The average Bonchev–Trinajstić information content (AvgIpc) is 2.28. The molecule has 1 aliphatic carbocycles. The van der Waals surface area contributed by atoms with Crippen LogP contribution in [0, 0.1) is 11.5 Å². The number of allylic oxidation sites excluding steroid dienone is 2. The Morgan fingerprint density at radius 3 is 2.87 bits per heavy atom. The number of carboxylic acid groups (broad SMARTS) is 1. The first-order chi connectivity index (χ1) is 6.57. The summed E-state index contributed by atoms with van der Waals surface area (Å²) in [7, 11) is 1.61. The van der Waals surface area contributed by atoms with E-state index in [-0.39, 0.29) is 31.4 Å². The SMILES string of the molecule is COCC1(C)C=[C-]C(C(=O)O)=CC=C1.[Re]. The van der Waals surface area contributed by atoms with Crippen molar-refractivity contribution in [3.8, 4) is 0 Å². The molecule has 1 atom stereocenters. The van der Waals surface area contributed by atoms with Gasteiger partial charge in [-0.2, -0.15) is 12.2 Å². The van der Waals surface area contributed by atoms with Crippen LogP contribution in [-0.2, 0) is 30.0 Å². The predicted molar refractivity (Wildman–Crippen MR) is 52.7 cm³/mol. The molecule has 1 unspecified atom stereocenters. The molecular formula is C11H13O3Re-. The van der Waals surface area contributed by atoms with Crippen LogP contribution in [-0.4, -0.2) is 24.8 Å². The number of hydrogen-bond donors (Lipinski definition) is 1. The smallest absolute Gasteiger partial charge is 0.217 e. The van der Waals surface area contributed by atoms with Gasteiger partial charge in [0.2, 0.25) is 5.97 Å². The van der Waals surface area contributed by atoms with Gasteiger partial charge in [-0.1, -0.05) is 13.0 Å². The van der Waals surface area contributed by atoms with Crippen molar-refractivity contribution in [2.75, 3.05) is 13.7 Å². The molecule has 0 aromatic carbocycles. The molecule has 0 amide bonds. The summed E-state index contributed by atoms with van der Waals surface area (Å²) in [6.45, 7) is 2.47. The van der Waals surface area contributed by atoms with Crippen molar-refractivity contribution in [2.45, 2.75) is 6.92 Å². The van der Waals surface area contributed by atoms with E-state index in [0.29, 0.717) is 6.61 Å². The first-order valence-electron chi connectivity index (χ1n) is 4.30. The van der Waals surface area contributed by atoms with Crippen LogP contribution in [0.5, 0.6) is 0 Å². The molecule has 83 valence electrons. The molecule has 1 rings (SSSR count). The Balaban J connectivity index is 0.00000196. The second-order valence-electron chi connectivity index (χ2n) is 3.47. The molecule has 15 heavy (non-hydrogen) atoms. The molecule has 1 radical (unpaired) electrons. The minimum atomic E-state index is -0.965. The number of hydrogen-bond acceptors (Lipinski definition) is 2. The van der Waals surface area contributed by atoms with Gasteiger partial charge in [-0.15, -0.1) is 17.7 Å². The quantitative estimate of drug-likeness (QED) is 0.758. The Morgan fingerprint density at radius 1 is 1.67 bits per heavy atom. The zero-order valence-electron chi connectivity index (χ0n) is 8.66. The van der Waals surface area contributed by atoms with E-state index in [9.17, 15) is 4.79 Å². The predicted octanol–water partition coefficient (Wildman–Crippen LogP) is 1.58. The van der Waals surface area contributed by atoms with Gasteiger partial charge in [-0.05, 0) is 0 Å². The fraction of sp³-hybridized carbons (Fsp3) is 0.364. The Bertz CT molecular complexity index is 318. The summed E-state index contributed by atoms with van der Waals surface area (Å²) < 4.78 is 5.04. The number of carboxylic acids is 1. The van der Waals surface area contributed by atoms with Crippen LogP contribution in [0.15, 0.2) is 29.9 Å². The Labute approximate surface area is 103 Å². The summed E-state index contributed by atoms with van der Waals surface area (Å²) in [5, 5.41) is 8.75. The van der Waals surface area contributed by atoms with E-state index in [1.807, 2.05) is 13.0 Å². The monoisotopic (exact) mass is 380 g/mol. The van der Waals surface area contributed by atoms with Crippen LogP contribution in [0.3, 0.4) is 0 Å². The van der Waals surface area contributed by atoms with E-state index in [2.05, 4.69) is 6.08 Å². The zero-order valence-corrected chi connectivity index (χ0v) is 11.4. The normalized spacial score (nSPS) is 24.0. The fourth-order valence-corrected chi connectivity index (χ4v) is 1.24. The van der Waals surface area contributed by atoms with E-state index in [4.69, 9.17) is 9.84 Å². The van der Waals surface area contributed by atoms with Crippen molar-refractivity contribution in [3.63, 3.8) is 0 Å². The van der Waals surface area contributed by atoms with E-state index in [1.54, 1.807) is 19.3 Å². The van der Waals surface area contributed by atoms with Crippen LogP contribution < -0.4 is 0 Å². The maximum atomic E-state index is 10.7. The maximum absolute atomic E-state index is 10.7. The van der Waals surface area contributed by atoms with Gasteiger partial charge in [0, 0.05) is 32.9 Å². The molecule has 0 heterocycles. The number of ether oxygens (including phenoxy) is 1. The van der Waals surface area contributed by atoms with Crippen LogP contribution >= 0.6 is 0 Å². The van der Waals surface area contributed by atoms with Crippen molar-refractivity contribution in [1.82, 2.24) is 0 Å². The third kappa shape index (κ3) is 4.13. The van der Waals surface area contributed by atoms with E-state index in [1.165, 1.54) is 6.08 Å². The summed E-state index contributed by atoms with van der Waals surface area (Å²) in [6, 6.07) is 0. The maximum Gasteiger partial charge on any atom is 0.217 e. The van der Waals surface area contributed by atoms with Crippen molar-refractivity contribution >= 4 is 5.97 Å². The topological polar surface area (TPSA) is 46.5 Å². The molecular weight excluding hydrogens is 366 g/mol.